The van der Waals surface area contributed by atoms with E-state index < -0.39 is 0 Å². The molecule has 0 bridgehead atoms. The molecular weight excluding hydrogens is 286 g/mol. The third-order valence-corrected chi connectivity index (χ3v) is 4.36. The summed E-state index contributed by atoms with van der Waals surface area (Å²) < 4.78 is 6.03. The molecule has 0 aliphatic heterocycles. The summed E-state index contributed by atoms with van der Waals surface area (Å²) in [5, 5.41) is 0.606. The highest BCUT2D eigenvalue weighted by atomic mass is 16.3. The first kappa shape index (κ1) is 13.8. The Balaban J connectivity index is 1.89. The molecule has 0 saturated carbocycles. The lowest BCUT2D eigenvalue weighted by atomic mass is 10.1. The maximum absolute atomic E-state index is 12.6. The Morgan fingerprint density at radius 2 is 1.87 bits per heavy atom. The smallest absolute Gasteiger partial charge is 0.196 e. The van der Waals surface area contributed by atoms with Crippen molar-refractivity contribution >= 4 is 28.3 Å². The van der Waals surface area contributed by atoms with Crippen LogP contribution in [0.1, 0.15) is 28.9 Å². The molecule has 0 saturated heterocycles. The molecule has 3 nitrogen and oxygen atoms in total. The molecule has 0 radical (unpaired) electrons. The second-order valence-corrected chi connectivity index (χ2v) is 6.07. The van der Waals surface area contributed by atoms with Gasteiger partial charge in [-0.1, -0.05) is 29.8 Å². The van der Waals surface area contributed by atoms with Gasteiger partial charge in [0.15, 0.2) is 5.43 Å². The molecule has 23 heavy (non-hydrogen) atoms. The average Bonchev–Trinajstić information content (AvgIpc) is 2.93. The Morgan fingerprint density at radius 3 is 2.65 bits per heavy atom. The number of aryl methyl sites for hydroxylation is 1. The van der Waals surface area contributed by atoms with E-state index in [1.165, 1.54) is 5.56 Å². The molecule has 0 fully saturated rings. The lowest BCUT2D eigenvalue weighted by molar-refractivity contribution is 0.585. The molecule has 0 amide bonds. The third-order valence-electron chi connectivity index (χ3n) is 4.36. The minimum absolute atomic E-state index is 0.0635. The molecule has 3 aromatic rings. The zero-order valence-corrected chi connectivity index (χ0v) is 12.9. The van der Waals surface area contributed by atoms with Gasteiger partial charge in [-0.05, 0) is 49.1 Å². The van der Waals surface area contributed by atoms with Crippen LogP contribution in [0.3, 0.4) is 0 Å². The molecule has 1 aliphatic carbocycles. The lowest BCUT2D eigenvalue weighted by Crippen LogP contribution is -2.08. The highest BCUT2D eigenvalue weighted by Crippen LogP contribution is 2.34. The van der Waals surface area contributed by atoms with Gasteiger partial charge in [0.1, 0.15) is 11.3 Å². The zero-order valence-electron chi connectivity index (χ0n) is 12.9. The topological polar surface area (TPSA) is 56.2 Å². The number of nitrogen functional groups attached to an aromatic ring is 1. The Bertz CT molecular complexity index is 995. The van der Waals surface area contributed by atoms with Crippen molar-refractivity contribution in [3.05, 3.63) is 75.1 Å². The Kier molecular flexibility index (Phi) is 3.08. The number of nitrogens with two attached hydrogens (primary N) is 1. The summed E-state index contributed by atoms with van der Waals surface area (Å²) in [5.74, 6) is 0.716. The fourth-order valence-electron chi connectivity index (χ4n) is 3.11. The van der Waals surface area contributed by atoms with Crippen molar-refractivity contribution in [2.75, 3.05) is 5.73 Å². The van der Waals surface area contributed by atoms with E-state index in [9.17, 15) is 4.79 Å². The van der Waals surface area contributed by atoms with Gasteiger partial charge in [-0.25, -0.2) is 0 Å². The average molecular weight is 303 g/mol. The molecule has 114 valence electrons. The summed E-state index contributed by atoms with van der Waals surface area (Å²) in [4.78, 5) is 12.6. The van der Waals surface area contributed by atoms with Crippen LogP contribution in [0.5, 0.6) is 0 Å². The Labute approximate surface area is 134 Å². The molecule has 1 heterocycles. The fourth-order valence-corrected chi connectivity index (χ4v) is 3.11. The number of rotatable bonds is 1. The van der Waals surface area contributed by atoms with E-state index in [2.05, 4.69) is 37.3 Å². The van der Waals surface area contributed by atoms with Gasteiger partial charge >= 0.3 is 0 Å². The highest BCUT2D eigenvalue weighted by molar-refractivity contribution is 5.87. The van der Waals surface area contributed by atoms with Crippen LogP contribution >= 0.6 is 0 Å². The van der Waals surface area contributed by atoms with Crippen LogP contribution in [0.4, 0.5) is 5.69 Å². The highest BCUT2D eigenvalue weighted by Gasteiger charge is 2.23. The summed E-state index contributed by atoms with van der Waals surface area (Å²) in [5.41, 5.74) is 11.2. The predicted octanol–water partition coefficient (Wildman–Crippen LogP) is 4.17. The second kappa shape index (κ2) is 5.13. The number of benzene rings is 2. The van der Waals surface area contributed by atoms with Gasteiger partial charge in [-0.3, -0.25) is 4.79 Å². The molecule has 0 unspecified atom stereocenters. The van der Waals surface area contributed by atoms with E-state index in [4.69, 9.17) is 10.2 Å². The number of allylic oxidation sites excluding steroid dienone is 1. The van der Waals surface area contributed by atoms with Gasteiger partial charge in [0, 0.05) is 17.3 Å². The molecule has 2 N–H and O–H groups in total. The van der Waals surface area contributed by atoms with E-state index in [0.717, 1.165) is 29.5 Å². The largest absolute Gasteiger partial charge is 0.456 e. The summed E-state index contributed by atoms with van der Waals surface area (Å²) in [6, 6.07) is 13.5. The van der Waals surface area contributed by atoms with E-state index in [0.29, 0.717) is 22.4 Å². The van der Waals surface area contributed by atoms with Crippen molar-refractivity contribution in [3.63, 3.8) is 0 Å². The van der Waals surface area contributed by atoms with Crippen LogP contribution in [-0.4, -0.2) is 0 Å². The SMILES string of the molecule is Cc1ccc(C=C2CCc3c2oc2cc(N)ccc2c3=O)cc1. The van der Waals surface area contributed by atoms with Gasteiger partial charge in [-0.15, -0.1) is 0 Å². The van der Waals surface area contributed by atoms with Gasteiger partial charge < -0.3 is 10.2 Å². The van der Waals surface area contributed by atoms with Gasteiger partial charge in [0.25, 0.3) is 0 Å². The van der Waals surface area contributed by atoms with Crippen LogP contribution < -0.4 is 11.2 Å². The third kappa shape index (κ3) is 2.34. The first-order chi connectivity index (χ1) is 11.1. The minimum Gasteiger partial charge on any atom is -0.456 e. The van der Waals surface area contributed by atoms with E-state index in [1.54, 1.807) is 18.2 Å². The predicted molar refractivity (Wildman–Crippen MR) is 94.3 cm³/mol. The van der Waals surface area contributed by atoms with Gasteiger partial charge in [0.2, 0.25) is 0 Å². The standard InChI is InChI=1S/C20H17NO2/c1-12-2-4-13(5-3-12)10-14-6-8-17-19(22)16-9-7-15(21)11-18(16)23-20(14)17/h2-5,7,9-11H,6,8,21H2,1H3. The van der Waals surface area contributed by atoms with E-state index in [1.807, 2.05) is 0 Å². The van der Waals surface area contributed by atoms with Crippen molar-refractivity contribution < 1.29 is 4.42 Å². The van der Waals surface area contributed by atoms with E-state index in [-0.39, 0.29) is 5.43 Å². The van der Waals surface area contributed by atoms with Crippen molar-refractivity contribution in [1.82, 2.24) is 0 Å². The van der Waals surface area contributed by atoms with Gasteiger partial charge in [-0.2, -0.15) is 0 Å². The quantitative estimate of drug-likeness (QED) is 0.686. The van der Waals surface area contributed by atoms with Crippen molar-refractivity contribution in [3.8, 4) is 0 Å². The molecule has 4 rings (SSSR count). The summed E-state index contributed by atoms with van der Waals surface area (Å²) in [6.07, 6.45) is 3.66. The maximum atomic E-state index is 12.6. The molecule has 0 atom stereocenters. The van der Waals surface area contributed by atoms with Crippen LogP contribution in [0.25, 0.3) is 22.6 Å². The van der Waals surface area contributed by atoms with Crippen LogP contribution in [-0.2, 0) is 6.42 Å². The van der Waals surface area contributed by atoms with Gasteiger partial charge in [0.05, 0.1) is 5.39 Å². The molecule has 2 aromatic carbocycles. The van der Waals surface area contributed by atoms with Crippen molar-refractivity contribution in [2.45, 2.75) is 19.8 Å². The first-order valence-corrected chi connectivity index (χ1v) is 7.74. The zero-order chi connectivity index (χ0) is 16.0. The number of hydrogen-bond acceptors (Lipinski definition) is 3. The normalized spacial score (nSPS) is 15.3. The summed E-state index contributed by atoms with van der Waals surface area (Å²) in [6.45, 7) is 2.07. The number of hydrogen-bond donors (Lipinski definition) is 1. The molecule has 0 spiro atoms. The maximum Gasteiger partial charge on any atom is 0.196 e. The Hall–Kier alpha value is -2.81. The van der Waals surface area contributed by atoms with E-state index >= 15 is 0 Å². The molecule has 3 heteroatoms. The summed E-state index contributed by atoms with van der Waals surface area (Å²) in [7, 11) is 0. The molecule has 1 aliphatic rings. The van der Waals surface area contributed by atoms with Crippen molar-refractivity contribution in [2.24, 2.45) is 0 Å². The lowest BCUT2D eigenvalue weighted by Gasteiger charge is -2.05. The molecular formula is C20H17NO2. The van der Waals surface area contributed by atoms with Crippen molar-refractivity contribution in [1.29, 1.82) is 0 Å². The van der Waals surface area contributed by atoms with Crippen LogP contribution in [0.15, 0.2) is 51.7 Å². The molecule has 1 aromatic heterocycles. The summed E-state index contributed by atoms with van der Waals surface area (Å²) >= 11 is 0. The number of anilines is 1. The number of fused-ring (bicyclic) bond motifs is 2. The monoisotopic (exact) mass is 303 g/mol. The van der Waals surface area contributed by atoms with Crippen LogP contribution in [0.2, 0.25) is 0 Å². The Morgan fingerprint density at radius 1 is 1.09 bits per heavy atom. The van der Waals surface area contributed by atoms with Crippen LogP contribution in [0, 0.1) is 6.92 Å². The fraction of sp³-hybridized carbons (Fsp3) is 0.150. The second-order valence-electron chi connectivity index (χ2n) is 6.07. The first-order valence-electron chi connectivity index (χ1n) is 7.74. The minimum atomic E-state index is 0.0635.